The highest BCUT2D eigenvalue weighted by Crippen LogP contribution is 2.32. The molecule has 0 radical (unpaired) electrons. The number of nitrogens with zero attached hydrogens (tertiary/aromatic N) is 2. The summed E-state index contributed by atoms with van der Waals surface area (Å²) in [6.45, 7) is 3.79. The minimum Gasteiger partial charge on any atom is -0.370 e. The summed E-state index contributed by atoms with van der Waals surface area (Å²) >= 11 is 0. The largest absolute Gasteiger partial charge is 0.370 e. The van der Waals surface area contributed by atoms with Gasteiger partial charge in [-0.2, -0.15) is 5.26 Å². The molecule has 2 rings (SSSR count). The molecule has 2 nitrogen and oxygen atoms in total. The van der Waals surface area contributed by atoms with Crippen LogP contribution in [0.15, 0.2) is 18.2 Å². The standard InChI is InChI=1S/C13H15FN2/c1-2-16(9-10-6-7-10)13-5-3-4-12(14)11(13)8-15/h3-5,10H,2,6-7,9H2,1H3. The molecular weight excluding hydrogens is 203 g/mol. The van der Waals surface area contributed by atoms with Crippen LogP contribution in [0, 0.1) is 23.1 Å². The first kappa shape index (κ1) is 10.9. The van der Waals surface area contributed by atoms with Crippen molar-refractivity contribution in [1.82, 2.24) is 0 Å². The van der Waals surface area contributed by atoms with Crippen molar-refractivity contribution in [3.05, 3.63) is 29.6 Å². The average Bonchev–Trinajstić information content (AvgIpc) is 3.09. The summed E-state index contributed by atoms with van der Waals surface area (Å²) in [5.41, 5.74) is 0.905. The Bertz CT molecular complexity index is 418. The van der Waals surface area contributed by atoms with Gasteiger partial charge < -0.3 is 4.90 Å². The van der Waals surface area contributed by atoms with Crippen LogP contribution in [-0.2, 0) is 0 Å². The minimum atomic E-state index is -0.422. The first-order chi connectivity index (χ1) is 7.76. The number of anilines is 1. The van der Waals surface area contributed by atoms with E-state index in [4.69, 9.17) is 5.26 Å². The van der Waals surface area contributed by atoms with Crippen molar-refractivity contribution in [2.24, 2.45) is 5.92 Å². The summed E-state index contributed by atoms with van der Waals surface area (Å²) < 4.78 is 13.5. The Morgan fingerprint density at radius 3 is 2.81 bits per heavy atom. The summed E-state index contributed by atoms with van der Waals surface area (Å²) in [4.78, 5) is 2.10. The second-order valence-electron chi connectivity index (χ2n) is 4.23. The molecule has 0 spiro atoms. The predicted molar refractivity (Wildman–Crippen MR) is 61.7 cm³/mol. The third-order valence-electron chi connectivity index (χ3n) is 3.00. The van der Waals surface area contributed by atoms with Gasteiger partial charge >= 0.3 is 0 Å². The van der Waals surface area contributed by atoms with Crippen molar-refractivity contribution in [1.29, 1.82) is 5.26 Å². The third-order valence-corrected chi connectivity index (χ3v) is 3.00. The molecule has 1 aromatic rings. The number of nitriles is 1. The van der Waals surface area contributed by atoms with Crippen LogP contribution in [0.4, 0.5) is 10.1 Å². The summed E-state index contributed by atoms with van der Waals surface area (Å²) in [6.07, 6.45) is 2.52. The molecule has 1 aliphatic rings. The van der Waals surface area contributed by atoms with E-state index in [1.165, 1.54) is 18.9 Å². The molecule has 0 saturated heterocycles. The van der Waals surface area contributed by atoms with Gasteiger partial charge in [-0.3, -0.25) is 0 Å². The predicted octanol–water partition coefficient (Wildman–Crippen LogP) is 2.93. The van der Waals surface area contributed by atoms with Crippen molar-refractivity contribution in [3.63, 3.8) is 0 Å². The fraction of sp³-hybridized carbons (Fsp3) is 0.462. The van der Waals surface area contributed by atoms with E-state index in [1.807, 2.05) is 19.1 Å². The Labute approximate surface area is 95.3 Å². The van der Waals surface area contributed by atoms with Crippen molar-refractivity contribution in [3.8, 4) is 6.07 Å². The zero-order valence-electron chi connectivity index (χ0n) is 9.41. The maximum atomic E-state index is 13.5. The van der Waals surface area contributed by atoms with Crippen molar-refractivity contribution >= 4 is 5.69 Å². The number of hydrogen-bond acceptors (Lipinski definition) is 2. The molecule has 0 bridgehead atoms. The van der Waals surface area contributed by atoms with Gasteiger partial charge in [-0.25, -0.2) is 4.39 Å². The van der Waals surface area contributed by atoms with Gasteiger partial charge in [0, 0.05) is 13.1 Å². The lowest BCUT2D eigenvalue weighted by Crippen LogP contribution is -2.26. The van der Waals surface area contributed by atoms with Crippen LogP contribution in [-0.4, -0.2) is 13.1 Å². The summed E-state index contributed by atoms with van der Waals surface area (Å²) in [7, 11) is 0. The molecule has 84 valence electrons. The maximum Gasteiger partial charge on any atom is 0.143 e. The van der Waals surface area contributed by atoms with E-state index in [1.54, 1.807) is 6.07 Å². The number of benzene rings is 1. The van der Waals surface area contributed by atoms with Crippen LogP contribution in [0.1, 0.15) is 25.3 Å². The Balaban J connectivity index is 2.29. The zero-order chi connectivity index (χ0) is 11.5. The van der Waals surface area contributed by atoms with E-state index in [0.29, 0.717) is 0 Å². The van der Waals surface area contributed by atoms with Gasteiger partial charge in [0.1, 0.15) is 17.4 Å². The van der Waals surface area contributed by atoms with Crippen molar-refractivity contribution < 1.29 is 4.39 Å². The van der Waals surface area contributed by atoms with E-state index in [2.05, 4.69) is 4.90 Å². The molecule has 0 N–H and O–H groups in total. The van der Waals surface area contributed by atoms with Gasteiger partial charge in [-0.15, -0.1) is 0 Å². The second-order valence-corrected chi connectivity index (χ2v) is 4.23. The Morgan fingerprint density at radius 1 is 1.50 bits per heavy atom. The second kappa shape index (κ2) is 4.52. The zero-order valence-corrected chi connectivity index (χ0v) is 9.41. The molecule has 1 saturated carbocycles. The smallest absolute Gasteiger partial charge is 0.143 e. The maximum absolute atomic E-state index is 13.5. The minimum absolute atomic E-state index is 0.171. The fourth-order valence-corrected chi connectivity index (χ4v) is 1.90. The van der Waals surface area contributed by atoms with Crippen molar-refractivity contribution in [2.75, 3.05) is 18.0 Å². The van der Waals surface area contributed by atoms with E-state index in [0.717, 1.165) is 24.7 Å². The molecule has 0 aromatic heterocycles. The number of hydrogen-bond donors (Lipinski definition) is 0. The number of halogens is 1. The average molecular weight is 218 g/mol. The van der Waals surface area contributed by atoms with E-state index < -0.39 is 5.82 Å². The van der Waals surface area contributed by atoms with Gasteiger partial charge in [0.25, 0.3) is 0 Å². The molecule has 0 unspecified atom stereocenters. The molecule has 0 atom stereocenters. The topological polar surface area (TPSA) is 27.0 Å². The van der Waals surface area contributed by atoms with Crippen molar-refractivity contribution in [2.45, 2.75) is 19.8 Å². The first-order valence-corrected chi connectivity index (χ1v) is 5.69. The van der Waals surface area contributed by atoms with Gasteiger partial charge in [0.2, 0.25) is 0 Å². The van der Waals surface area contributed by atoms with Crippen LogP contribution >= 0.6 is 0 Å². The molecular formula is C13H15FN2. The molecule has 16 heavy (non-hydrogen) atoms. The molecule has 0 heterocycles. The molecule has 0 amide bonds. The van der Waals surface area contributed by atoms with Gasteiger partial charge in [0.05, 0.1) is 5.69 Å². The Kier molecular flexibility index (Phi) is 3.09. The Hall–Kier alpha value is -1.56. The molecule has 1 fully saturated rings. The summed E-state index contributed by atoms with van der Waals surface area (Å²) in [5.74, 6) is 0.309. The van der Waals surface area contributed by atoms with E-state index >= 15 is 0 Å². The molecule has 1 aromatic carbocycles. The molecule has 3 heteroatoms. The van der Waals surface area contributed by atoms with Crippen LogP contribution in [0.3, 0.4) is 0 Å². The van der Waals surface area contributed by atoms with E-state index in [9.17, 15) is 4.39 Å². The highest BCUT2D eigenvalue weighted by Gasteiger charge is 2.25. The van der Waals surface area contributed by atoms with Crippen LogP contribution in [0.5, 0.6) is 0 Å². The lowest BCUT2D eigenvalue weighted by atomic mass is 10.1. The lowest BCUT2D eigenvalue weighted by Gasteiger charge is -2.24. The molecule has 0 aliphatic heterocycles. The number of rotatable bonds is 4. The quantitative estimate of drug-likeness (QED) is 0.777. The highest BCUT2D eigenvalue weighted by molar-refractivity contribution is 5.59. The van der Waals surface area contributed by atoms with Gasteiger partial charge in [-0.1, -0.05) is 6.07 Å². The van der Waals surface area contributed by atoms with Crippen LogP contribution in [0.2, 0.25) is 0 Å². The highest BCUT2D eigenvalue weighted by atomic mass is 19.1. The third kappa shape index (κ3) is 2.16. The molecule has 1 aliphatic carbocycles. The normalized spacial score (nSPS) is 14.6. The first-order valence-electron chi connectivity index (χ1n) is 5.69. The summed E-state index contributed by atoms with van der Waals surface area (Å²) in [6, 6.07) is 6.79. The van der Waals surface area contributed by atoms with Crippen LogP contribution < -0.4 is 4.90 Å². The summed E-state index contributed by atoms with van der Waals surface area (Å²) in [5, 5.41) is 8.98. The monoisotopic (exact) mass is 218 g/mol. The van der Waals surface area contributed by atoms with E-state index in [-0.39, 0.29) is 5.56 Å². The SMILES string of the molecule is CCN(CC1CC1)c1cccc(F)c1C#N. The Morgan fingerprint density at radius 2 is 2.25 bits per heavy atom. The van der Waals surface area contributed by atoms with Gasteiger partial charge in [0.15, 0.2) is 0 Å². The van der Waals surface area contributed by atoms with Crippen LogP contribution in [0.25, 0.3) is 0 Å². The van der Waals surface area contributed by atoms with Gasteiger partial charge in [-0.05, 0) is 37.8 Å². The lowest BCUT2D eigenvalue weighted by molar-refractivity contribution is 0.621. The fourth-order valence-electron chi connectivity index (χ4n) is 1.90.